The van der Waals surface area contributed by atoms with E-state index in [4.69, 9.17) is 0 Å². The first-order valence-electron chi connectivity index (χ1n) is 9.13. The highest BCUT2D eigenvalue weighted by Crippen LogP contribution is 2.64. The minimum Gasteiger partial charge on any atom is -0.508 e. The molecule has 128 valence electrons. The van der Waals surface area contributed by atoms with E-state index in [2.05, 4.69) is 37.5 Å². The van der Waals surface area contributed by atoms with E-state index in [1.54, 1.807) is 0 Å². The summed E-state index contributed by atoms with van der Waals surface area (Å²) in [6.45, 7) is 2.26. The molecule has 1 aromatic rings. The highest BCUT2D eigenvalue weighted by atomic mass is 32.1. The predicted molar refractivity (Wildman–Crippen MR) is 99.3 cm³/mol. The van der Waals surface area contributed by atoms with E-state index in [0.717, 1.165) is 38.5 Å². The van der Waals surface area contributed by atoms with Crippen LogP contribution in [0.3, 0.4) is 0 Å². The smallest absolute Gasteiger partial charge is 0.131 e. The summed E-state index contributed by atoms with van der Waals surface area (Å²) in [7, 11) is 0. The number of thiol groups is 1. The molecule has 24 heavy (non-hydrogen) atoms. The molecule has 4 rings (SSSR count). The Bertz CT molecular complexity index is 718. The Hall–Kier alpha value is -1.11. The van der Waals surface area contributed by atoms with Crippen LogP contribution in [-0.4, -0.2) is 21.6 Å². The van der Waals surface area contributed by atoms with Gasteiger partial charge in [-0.1, -0.05) is 24.8 Å². The molecular formula is C21H26O2S. The minimum atomic E-state index is -0.847. The summed E-state index contributed by atoms with van der Waals surface area (Å²) in [5.41, 5.74) is 1.81. The van der Waals surface area contributed by atoms with Crippen LogP contribution in [0.15, 0.2) is 18.2 Å². The SMILES string of the molecule is C[C@]12CCC3c4ccc(O)cc4CCC3C1CC[C@@]2(O)C#CCS. The van der Waals surface area contributed by atoms with Gasteiger partial charge < -0.3 is 10.2 Å². The van der Waals surface area contributed by atoms with Crippen LogP contribution in [0.4, 0.5) is 0 Å². The van der Waals surface area contributed by atoms with E-state index in [0.29, 0.717) is 29.3 Å². The van der Waals surface area contributed by atoms with Gasteiger partial charge in [0.05, 0.1) is 5.75 Å². The summed E-state index contributed by atoms with van der Waals surface area (Å²) in [6.07, 6.45) is 6.20. The number of aliphatic hydroxyl groups is 1. The van der Waals surface area contributed by atoms with Crippen molar-refractivity contribution in [2.45, 2.75) is 57.0 Å². The van der Waals surface area contributed by atoms with Crippen molar-refractivity contribution in [2.75, 3.05) is 5.75 Å². The van der Waals surface area contributed by atoms with E-state index in [9.17, 15) is 10.2 Å². The molecule has 0 radical (unpaired) electrons. The third-order valence-corrected chi connectivity index (χ3v) is 7.39. The first-order chi connectivity index (χ1) is 11.5. The molecule has 3 aliphatic rings. The maximum atomic E-state index is 11.3. The summed E-state index contributed by atoms with van der Waals surface area (Å²) >= 11 is 4.19. The molecule has 0 aromatic heterocycles. The van der Waals surface area contributed by atoms with Gasteiger partial charge in [0.2, 0.25) is 0 Å². The van der Waals surface area contributed by atoms with Crippen LogP contribution in [0.1, 0.15) is 56.1 Å². The van der Waals surface area contributed by atoms with Crippen molar-refractivity contribution >= 4 is 12.6 Å². The van der Waals surface area contributed by atoms with Gasteiger partial charge in [0, 0.05) is 5.41 Å². The fourth-order valence-corrected chi connectivity index (χ4v) is 6.05. The van der Waals surface area contributed by atoms with Crippen molar-refractivity contribution in [3.63, 3.8) is 0 Å². The van der Waals surface area contributed by atoms with Gasteiger partial charge in [-0.2, -0.15) is 12.6 Å². The Morgan fingerprint density at radius 3 is 2.88 bits per heavy atom. The maximum absolute atomic E-state index is 11.3. The molecule has 0 heterocycles. The van der Waals surface area contributed by atoms with Crippen LogP contribution in [0.25, 0.3) is 0 Å². The van der Waals surface area contributed by atoms with Crippen LogP contribution in [0.2, 0.25) is 0 Å². The molecule has 0 spiro atoms. The number of fused-ring (bicyclic) bond motifs is 5. The summed E-state index contributed by atoms with van der Waals surface area (Å²) in [6, 6.07) is 5.91. The largest absolute Gasteiger partial charge is 0.508 e. The quantitative estimate of drug-likeness (QED) is 0.494. The molecule has 1 aromatic carbocycles. The molecule has 5 atom stereocenters. The molecule has 3 unspecified atom stereocenters. The van der Waals surface area contributed by atoms with Gasteiger partial charge in [-0.25, -0.2) is 0 Å². The topological polar surface area (TPSA) is 40.5 Å². The van der Waals surface area contributed by atoms with Crippen molar-refractivity contribution in [1.29, 1.82) is 0 Å². The first kappa shape index (κ1) is 16.4. The van der Waals surface area contributed by atoms with Gasteiger partial charge in [0.1, 0.15) is 11.4 Å². The van der Waals surface area contributed by atoms with Gasteiger partial charge in [-0.15, -0.1) is 0 Å². The Kier molecular flexibility index (Phi) is 3.90. The Balaban J connectivity index is 1.68. The second-order valence-corrected chi connectivity index (χ2v) is 8.43. The van der Waals surface area contributed by atoms with Gasteiger partial charge in [-0.05, 0) is 79.5 Å². The van der Waals surface area contributed by atoms with Gasteiger partial charge in [0.15, 0.2) is 0 Å². The summed E-state index contributed by atoms with van der Waals surface area (Å²) in [4.78, 5) is 0. The molecule has 3 aliphatic carbocycles. The van der Waals surface area contributed by atoms with Crippen LogP contribution in [-0.2, 0) is 6.42 Å². The Morgan fingerprint density at radius 2 is 2.08 bits per heavy atom. The molecule has 0 amide bonds. The predicted octanol–water partition coefficient (Wildman–Crippen LogP) is 3.91. The van der Waals surface area contributed by atoms with Crippen LogP contribution in [0.5, 0.6) is 5.75 Å². The Labute approximate surface area is 150 Å². The number of aromatic hydroxyl groups is 1. The number of phenols is 1. The molecule has 0 saturated heterocycles. The average molecular weight is 343 g/mol. The maximum Gasteiger partial charge on any atom is 0.131 e. The number of rotatable bonds is 0. The zero-order chi connectivity index (χ0) is 16.9. The van der Waals surface area contributed by atoms with Gasteiger partial charge >= 0.3 is 0 Å². The third-order valence-electron chi connectivity index (χ3n) is 7.24. The molecule has 3 heteroatoms. The summed E-state index contributed by atoms with van der Waals surface area (Å²) in [5, 5.41) is 21.0. The minimum absolute atomic E-state index is 0.0987. The lowest BCUT2D eigenvalue weighted by Gasteiger charge is -2.52. The number of hydrogen-bond donors (Lipinski definition) is 3. The summed E-state index contributed by atoms with van der Waals surface area (Å²) in [5.74, 6) is 8.82. The normalized spacial score (nSPS) is 40.0. The lowest BCUT2D eigenvalue weighted by Crippen LogP contribution is -2.50. The highest BCUT2D eigenvalue weighted by molar-refractivity contribution is 7.80. The van der Waals surface area contributed by atoms with E-state index in [1.165, 1.54) is 11.1 Å². The fraction of sp³-hybridized carbons (Fsp3) is 0.619. The van der Waals surface area contributed by atoms with Crippen LogP contribution >= 0.6 is 12.6 Å². The van der Waals surface area contributed by atoms with Crippen molar-refractivity contribution in [2.24, 2.45) is 17.3 Å². The Morgan fingerprint density at radius 1 is 1.25 bits per heavy atom. The zero-order valence-corrected chi connectivity index (χ0v) is 15.1. The second kappa shape index (κ2) is 5.71. The van der Waals surface area contributed by atoms with Crippen LogP contribution < -0.4 is 0 Å². The monoisotopic (exact) mass is 342 g/mol. The number of hydrogen-bond acceptors (Lipinski definition) is 3. The average Bonchev–Trinajstić information content (AvgIpc) is 2.84. The summed E-state index contributed by atoms with van der Waals surface area (Å²) < 4.78 is 0. The molecule has 2 saturated carbocycles. The number of benzene rings is 1. The van der Waals surface area contributed by atoms with Crippen molar-refractivity contribution in [1.82, 2.24) is 0 Å². The number of phenolic OH excluding ortho intramolecular Hbond substituents is 1. The van der Waals surface area contributed by atoms with E-state index < -0.39 is 5.60 Å². The van der Waals surface area contributed by atoms with Crippen molar-refractivity contribution < 1.29 is 10.2 Å². The lowest BCUT2D eigenvalue weighted by atomic mass is 9.53. The third kappa shape index (κ3) is 2.23. The molecule has 2 nitrogen and oxygen atoms in total. The van der Waals surface area contributed by atoms with E-state index in [-0.39, 0.29) is 5.41 Å². The van der Waals surface area contributed by atoms with E-state index in [1.807, 2.05) is 12.1 Å². The second-order valence-electron chi connectivity index (χ2n) is 8.11. The number of aryl methyl sites for hydroxylation is 1. The standard InChI is InChI=1S/C21H26O2S/c1-20-10-7-17-16-6-4-15(22)13-14(16)3-5-18(17)19(20)8-11-21(20,23)9-2-12-24/h4,6,13,17-19,22-24H,3,5,7-8,10-12H2,1H3/t17?,18?,19?,20-,21-/m0/s1. The fourth-order valence-electron chi connectivity index (χ4n) is 5.98. The zero-order valence-electron chi connectivity index (χ0n) is 14.3. The molecule has 0 aliphatic heterocycles. The molecular weight excluding hydrogens is 316 g/mol. The van der Waals surface area contributed by atoms with Gasteiger partial charge in [0.25, 0.3) is 0 Å². The molecule has 2 N–H and O–H groups in total. The van der Waals surface area contributed by atoms with E-state index >= 15 is 0 Å². The molecule has 2 fully saturated rings. The highest BCUT2D eigenvalue weighted by Gasteiger charge is 2.61. The van der Waals surface area contributed by atoms with Gasteiger partial charge in [-0.3, -0.25) is 0 Å². The van der Waals surface area contributed by atoms with Crippen molar-refractivity contribution in [3.8, 4) is 17.6 Å². The van der Waals surface area contributed by atoms with Crippen LogP contribution in [0, 0.1) is 29.1 Å². The first-order valence-corrected chi connectivity index (χ1v) is 9.77. The molecule has 0 bridgehead atoms. The van der Waals surface area contributed by atoms with Crippen molar-refractivity contribution in [3.05, 3.63) is 29.3 Å². The lowest BCUT2D eigenvalue weighted by molar-refractivity contribution is -0.0648.